The molecule has 1 aliphatic rings. The highest BCUT2D eigenvalue weighted by Crippen LogP contribution is 2.29. The first-order valence-electron chi connectivity index (χ1n) is 8.25. The van der Waals surface area contributed by atoms with Gasteiger partial charge in [0.1, 0.15) is 5.69 Å². The molecule has 0 fully saturated rings. The molecule has 0 N–H and O–H groups in total. The molecule has 1 amide bonds. The molecule has 0 unspecified atom stereocenters. The predicted octanol–water partition coefficient (Wildman–Crippen LogP) is 3.45. The van der Waals surface area contributed by atoms with Gasteiger partial charge in [0.2, 0.25) is 5.95 Å². The van der Waals surface area contributed by atoms with Crippen molar-refractivity contribution in [3.8, 4) is 0 Å². The topological polar surface area (TPSA) is 49.3 Å². The number of fused-ring (bicyclic) bond motifs is 1. The standard InChI is InChI=1S/C20H18N4O/c1-23(16-8-3-2-4-9-16)20-21-13-11-17(22-20)19(25)24-14-12-15-7-5-6-10-18(15)24/h2-11,13H,12,14H2,1H3. The maximum absolute atomic E-state index is 12.9. The van der Waals surface area contributed by atoms with Gasteiger partial charge in [-0.3, -0.25) is 4.79 Å². The monoisotopic (exact) mass is 330 g/mol. The second-order valence-electron chi connectivity index (χ2n) is 5.97. The van der Waals surface area contributed by atoms with Crippen LogP contribution in [0.3, 0.4) is 0 Å². The fourth-order valence-corrected chi connectivity index (χ4v) is 3.08. The van der Waals surface area contributed by atoms with Crippen LogP contribution in [-0.2, 0) is 6.42 Å². The summed E-state index contributed by atoms with van der Waals surface area (Å²) in [5, 5.41) is 0. The van der Waals surface area contributed by atoms with E-state index >= 15 is 0 Å². The van der Waals surface area contributed by atoms with Gasteiger partial charge in [-0.2, -0.15) is 0 Å². The minimum atomic E-state index is -0.0879. The Morgan fingerprint density at radius 3 is 2.64 bits per heavy atom. The smallest absolute Gasteiger partial charge is 0.277 e. The molecule has 2 heterocycles. The molecule has 1 aliphatic heterocycles. The Labute approximate surface area is 146 Å². The summed E-state index contributed by atoms with van der Waals surface area (Å²) in [7, 11) is 1.89. The molecular formula is C20H18N4O. The van der Waals surface area contributed by atoms with Crippen molar-refractivity contribution in [2.45, 2.75) is 6.42 Å². The zero-order valence-corrected chi connectivity index (χ0v) is 14.0. The number of aromatic nitrogens is 2. The fourth-order valence-electron chi connectivity index (χ4n) is 3.08. The van der Waals surface area contributed by atoms with Crippen LogP contribution in [0.1, 0.15) is 16.1 Å². The summed E-state index contributed by atoms with van der Waals surface area (Å²) >= 11 is 0. The first-order chi connectivity index (χ1) is 12.2. The molecule has 0 saturated carbocycles. The highest BCUT2D eigenvalue weighted by atomic mass is 16.2. The third kappa shape index (κ3) is 2.85. The Balaban J connectivity index is 1.63. The van der Waals surface area contributed by atoms with E-state index in [4.69, 9.17) is 0 Å². The molecule has 0 spiro atoms. The van der Waals surface area contributed by atoms with E-state index in [1.165, 1.54) is 5.56 Å². The lowest BCUT2D eigenvalue weighted by Crippen LogP contribution is -2.30. The van der Waals surface area contributed by atoms with Crippen molar-refractivity contribution in [1.82, 2.24) is 9.97 Å². The number of carbonyl (C=O) groups excluding carboxylic acids is 1. The number of carbonyl (C=O) groups is 1. The van der Waals surface area contributed by atoms with E-state index in [2.05, 4.69) is 16.0 Å². The third-order valence-electron chi connectivity index (χ3n) is 4.44. The van der Waals surface area contributed by atoms with E-state index in [9.17, 15) is 4.79 Å². The molecule has 2 aromatic carbocycles. The predicted molar refractivity (Wildman–Crippen MR) is 98.4 cm³/mol. The average Bonchev–Trinajstić information content (AvgIpc) is 3.12. The molecule has 1 aromatic heterocycles. The summed E-state index contributed by atoms with van der Waals surface area (Å²) in [4.78, 5) is 25.4. The van der Waals surface area contributed by atoms with E-state index in [0.29, 0.717) is 18.2 Å². The number of para-hydroxylation sites is 2. The number of anilines is 3. The summed E-state index contributed by atoms with van der Waals surface area (Å²) in [6, 6.07) is 19.5. The molecule has 0 atom stereocenters. The first-order valence-corrected chi connectivity index (χ1v) is 8.25. The number of benzene rings is 2. The van der Waals surface area contributed by atoms with Gasteiger partial charge < -0.3 is 9.80 Å². The molecule has 4 rings (SSSR count). The second-order valence-corrected chi connectivity index (χ2v) is 5.97. The van der Waals surface area contributed by atoms with Crippen molar-refractivity contribution in [1.29, 1.82) is 0 Å². The second kappa shape index (κ2) is 6.36. The number of hydrogen-bond donors (Lipinski definition) is 0. The zero-order chi connectivity index (χ0) is 17.2. The molecular weight excluding hydrogens is 312 g/mol. The van der Waals surface area contributed by atoms with Gasteiger partial charge in [-0.1, -0.05) is 36.4 Å². The van der Waals surface area contributed by atoms with E-state index in [1.54, 1.807) is 17.2 Å². The van der Waals surface area contributed by atoms with Crippen LogP contribution in [-0.4, -0.2) is 29.5 Å². The van der Waals surface area contributed by atoms with Crippen molar-refractivity contribution in [3.63, 3.8) is 0 Å². The molecule has 25 heavy (non-hydrogen) atoms. The van der Waals surface area contributed by atoms with Crippen LogP contribution in [0, 0.1) is 0 Å². The maximum Gasteiger partial charge on any atom is 0.277 e. The van der Waals surface area contributed by atoms with Gasteiger partial charge in [-0.25, -0.2) is 9.97 Å². The molecule has 0 saturated heterocycles. The van der Waals surface area contributed by atoms with Crippen LogP contribution >= 0.6 is 0 Å². The number of rotatable bonds is 3. The number of nitrogens with zero attached hydrogens (tertiary/aromatic N) is 4. The Morgan fingerprint density at radius 1 is 1.04 bits per heavy atom. The summed E-state index contributed by atoms with van der Waals surface area (Å²) in [5.74, 6) is 0.416. The summed E-state index contributed by atoms with van der Waals surface area (Å²) in [6.07, 6.45) is 2.51. The van der Waals surface area contributed by atoms with Gasteiger partial charge in [0, 0.05) is 31.2 Å². The van der Waals surface area contributed by atoms with Crippen LogP contribution < -0.4 is 9.80 Å². The SMILES string of the molecule is CN(c1ccccc1)c1nccc(C(=O)N2CCc3ccccc32)n1. The summed E-state index contributed by atoms with van der Waals surface area (Å²) in [6.45, 7) is 0.687. The molecule has 0 bridgehead atoms. The van der Waals surface area contributed by atoms with Crippen molar-refractivity contribution in [2.75, 3.05) is 23.4 Å². The maximum atomic E-state index is 12.9. The molecule has 3 aromatic rings. The van der Waals surface area contributed by atoms with Crippen LogP contribution in [0.15, 0.2) is 66.9 Å². The van der Waals surface area contributed by atoms with Crippen LogP contribution in [0.4, 0.5) is 17.3 Å². The molecule has 0 radical (unpaired) electrons. The fraction of sp³-hybridized carbons (Fsp3) is 0.150. The minimum absolute atomic E-state index is 0.0879. The lowest BCUT2D eigenvalue weighted by Gasteiger charge is -2.19. The molecule has 5 heteroatoms. The third-order valence-corrected chi connectivity index (χ3v) is 4.44. The van der Waals surface area contributed by atoms with E-state index in [0.717, 1.165) is 17.8 Å². The van der Waals surface area contributed by atoms with Gasteiger partial charge in [-0.05, 0) is 36.2 Å². The van der Waals surface area contributed by atoms with Crippen LogP contribution in [0.2, 0.25) is 0 Å². The Bertz CT molecular complexity index is 910. The summed E-state index contributed by atoms with van der Waals surface area (Å²) < 4.78 is 0. The molecule has 5 nitrogen and oxygen atoms in total. The van der Waals surface area contributed by atoms with Gasteiger partial charge >= 0.3 is 0 Å². The van der Waals surface area contributed by atoms with E-state index < -0.39 is 0 Å². The lowest BCUT2D eigenvalue weighted by molar-refractivity contribution is 0.0984. The van der Waals surface area contributed by atoms with Gasteiger partial charge in [0.25, 0.3) is 5.91 Å². The summed E-state index contributed by atoms with van der Waals surface area (Å²) in [5.41, 5.74) is 3.55. The van der Waals surface area contributed by atoms with Gasteiger partial charge in [0.15, 0.2) is 0 Å². The Kier molecular flexibility index (Phi) is 3.90. The van der Waals surface area contributed by atoms with Crippen LogP contribution in [0.5, 0.6) is 0 Å². The number of hydrogen-bond acceptors (Lipinski definition) is 4. The minimum Gasteiger partial charge on any atom is -0.314 e. The van der Waals surface area contributed by atoms with E-state index in [-0.39, 0.29) is 5.91 Å². The normalized spacial score (nSPS) is 12.8. The van der Waals surface area contributed by atoms with E-state index in [1.807, 2.05) is 60.5 Å². The van der Waals surface area contributed by atoms with Crippen molar-refractivity contribution in [3.05, 3.63) is 78.1 Å². The Hall–Kier alpha value is -3.21. The van der Waals surface area contributed by atoms with Crippen molar-refractivity contribution in [2.24, 2.45) is 0 Å². The quantitative estimate of drug-likeness (QED) is 0.738. The van der Waals surface area contributed by atoms with Gasteiger partial charge in [0.05, 0.1) is 0 Å². The number of amides is 1. The van der Waals surface area contributed by atoms with Gasteiger partial charge in [-0.15, -0.1) is 0 Å². The highest BCUT2D eigenvalue weighted by molar-refractivity contribution is 6.06. The zero-order valence-electron chi connectivity index (χ0n) is 14.0. The molecule has 124 valence electrons. The highest BCUT2D eigenvalue weighted by Gasteiger charge is 2.26. The molecule has 0 aliphatic carbocycles. The van der Waals surface area contributed by atoms with Crippen molar-refractivity contribution < 1.29 is 4.79 Å². The Morgan fingerprint density at radius 2 is 1.80 bits per heavy atom. The first kappa shape index (κ1) is 15.3. The largest absolute Gasteiger partial charge is 0.314 e. The average molecular weight is 330 g/mol. The van der Waals surface area contributed by atoms with Crippen molar-refractivity contribution >= 4 is 23.2 Å². The lowest BCUT2D eigenvalue weighted by atomic mass is 10.2. The van der Waals surface area contributed by atoms with Crippen LogP contribution in [0.25, 0.3) is 0 Å².